The largest absolute Gasteiger partial charge is 0.261 e. The van der Waals surface area contributed by atoms with Crippen LogP contribution in [0.5, 0.6) is 0 Å². The highest BCUT2D eigenvalue weighted by molar-refractivity contribution is 7.92. The van der Waals surface area contributed by atoms with E-state index in [2.05, 4.69) is 4.98 Å². The second kappa shape index (κ2) is 5.36. The maximum atomic E-state index is 11.9. The van der Waals surface area contributed by atoms with Crippen LogP contribution in [0, 0.1) is 0 Å². The van der Waals surface area contributed by atoms with Gasteiger partial charge in [0.15, 0.2) is 9.84 Å². The predicted molar refractivity (Wildman–Crippen MR) is 69.0 cm³/mol. The van der Waals surface area contributed by atoms with E-state index in [1.165, 1.54) is 0 Å². The molecule has 0 aliphatic carbocycles. The van der Waals surface area contributed by atoms with E-state index in [4.69, 9.17) is 11.6 Å². The van der Waals surface area contributed by atoms with Gasteiger partial charge in [-0.15, -0.1) is 11.6 Å². The minimum absolute atomic E-state index is 0.281. The van der Waals surface area contributed by atoms with Gasteiger partial charge in [0, 0.05) is 18.3 Å². The van der Waals surface area contributed by atoms with Crippen LogP contribution >= 0.6 is 11.6 Å². The van der Waals surface area contributed by atoms with Crippen molar-refractivity contribution in [3.05, 3.63) is 30.1 Å². The standard InChI is InChI=1S/C12H16ClNO2S/c13-11(9-10-5-1-3-7-14-10)12-6-2-4-8-17(12,15)16/h1,3,5,7,11-12H,2,4,6,8-9H2. The molecule has 0 bridgehead atoms. The number of hydrogen-bond donors (Lipinski definition) is 0. The lowest BCUT2D eigenvalue weighted by atomic mass is 10.1. The summed E-state index contributed by atoms with van der Waals surface area (Å²) < 4.78 is 23.8. The molecule has 1 fully saturated rings. The molecule has 0 spiro atoms. The number of hydrogen-bond acceptors (Lipinski definition) is 3. The zero-order valence-corrected chi connectivity index (χ0v) is 11.1. The molecule has 3 nitrogen and oxygen atoms in total. The van der Waals surface area contributed by atoms with E-state index < -0.39 is 15.1 Å². The first-order valence-corrected chi connectivity index (χ1v) is 8.00. The summed E-state index contributed by atoms with van der Waals surface area (Å²) in [6, 6.07) is 5.61. The van der Waals surface area contributed by atoms with Gasteiger partial charge in [0.2, 0.25) is 0 Å². The number of pyridine rings is 1. The van der Waals surface area contributed by atoms with Crippen molar-refractivity contribution in [2.75, 3.05) is 5.75 Å². The van der Waals surface area contributed by atoms with Crippen LogP contribution in [-0.2, 0) is 16.3 Å². The van der Waals surface area contributed by atoms with Crippen molar-refractivity contribution in [3.63, 3.8) is 0 Å². The van der Waals surface area contributed by atoms with Crippen LogP contribution in [0.25, 0.3) is 0 Å². The minimum Gasteiger partial charge on any atom is -0.261 e. The highest BCUT2D eigenvalue weighted by Gasteiger charge is 2.34. The van der Waals surface area contributed by atoms with Gasteiger partial charge in [-0.25, -0.2) is 8.42 Å². The molecule has 5 heteroatoms. The first-order valence-electron chi connectivity index (χ1n) is 5.85. The summed E-state index contributed by atoms with van der Waals surface area (Å²) in [4.78, 5) is 4.18. The molecule has 1 saturated heterocycles. The minimum atomic E-state index is -3.00. The Kier molecular flexibility index (Phi) is 4.05. The number of nitrogens with zero attached hydrogens (tertiary/aromatic N) is 1. The molecule has 2 rings (SSSR count). The third kappa shape index (κ3) is 3.19. The van der Waals surface area contributed by atoms with Crippen molar-refractivity contribution in [3.8, 4) is 0 Å². The van der Waals surface area contributed by atoms with Gasteiger partial charge in [0.25, 0.3) is 0 Å². The van der Waals surface area contributed by atoms with E-state index in [-0.39, 0.29) is 11.1 Å². The van der Waals surface area contributed by atoms with Gasteiger partial charge in [0.05, 0.1) is 16.4 Å². The van der Waals surface area contributed by atoms with Gasteiger partial charge in [-0.1, -0.05) is 12.5 Å². The molecule has 0 N–H and O–H groups in total. The second-order valence-corrected chi connectivity index (χ2v) is 7.34. The molecule has 1 aliphatic rings. The van der Waals surface area contributed by atoms with Crippen LogP contribution in [0.3, 0.4) is 0 Å². The average Bonchev–Trinajstić information content (AvgIpc) is 2.29. The van der Waals surface area contributed by atoms with Gasteiger partial charge in [0.1, 0.15) is 0 Å². The van der Waals surface area contributed by atoms with Crippen LogP contribution in [0.2, 0.25) is 0 Å². The van der Waals surface area contributed by atoms with Crippen molar-refractivity contribution in [2.24, 2.45) is 0 Å². The highest BCUT2D eigenvalue weighted by atomic mass is 35.5. The quantitative estimate of drug-likeness (QED) is 0.793. The Morgan fingerprint density at radius 1 is 1.41 bits per heavy atom. The third-order valence-corrected chi connectivity index (χ3v) is 6.11. The van der Waals surface area contributed by atoms with E-state index in [0.717, 1.165) is 18.5 Å². The summed E-state index contributed by atoms with van der Waals surface area (Å²) in [5.41, 5.74) is 0.855. The Balaban J connectivity index is 2.07. The first-order chi connectivity index (χ1) is 8.09. The summed E-state index contributed by atoms with van der Waals surface area (Å²) in [5, 5.41) is -0.768. The SMILES string of the molecule is O=S1(=O)CCCCC1C(Cl)Cc1ccccn1. The van der Waals surface area contributed by atoms with Crippen molar-refractivity contribution in [1.82, 2.24) is 4.98 Å². The van der Waals surface area contributed by atoms with Crippen LogP contribution in [0.1, 0.15) is 25.0 Å². The van der Waals surface area contributed by atoms with E-state index in [1.807, 2.05) is 18.2 Å². The van der Waals surface area contributed by atoms with Crippen LogP contribution in [-0.4, -0.2) is 29.8 Å². The summed E-state index contributed by atoms with van der Waals surface area (Å²) in [6.45, 7) is 0. The second-order valence-electron chi connectivity index (χ2n) is 4.44. The Morgan fingerprint density at radius 3 is 2.88 bits per heavy atom. The lowest BCUT2D eigenvalue weighted by Gasteiger charge is -2.26. The summed E-state index contributed by atoms with van der Waals surface area (Å²) >= 11 is 6.26. The Hall–Kier alpha value is -0.610. The number of alkyl halides is 1. The monoisotopic (exact) mass is 273 g/mol. The Labute approximate surface area is 107 Å². The Bertz CT molecular complexity index is 461. The smallest absolute Gasteiger partial charge is 0.154 e. The van der Waals surface area contributed by atoms with Gasteiger partial charge < -0.3 is 0 Å². The lowest BCUT2D eigenvalue weighted by molar-refractivity contribution is 0.528. The summed E-state index contributed by atoms with van der Waals surface area (Å²) in [7, 11) is -3.00. The van der Waals surface area contributed by atoms with Gasteiger partial charge >= 0.3 is 0 Å². The van der Waals surface area contributed by atoms with Crippen molar-refractivity contribution in [1.29, 1.82) is 0 Å². The average molecular weight is 274 g/mol. The van der Waals surface area contributed by atoms with Crippen molar-refractivity contribution < 1.29 is 8.42 Å². The van der Waals surface area contributed by atoms with Crippen LogP contribution in [0.4, 0.5) is 0 Å². The van der Waals surface area contributed by atoms with E-state index in [0.29, 0.717) is 12.8 Å². The normalized spacial score (nSPS) is 25.4. The highest BCUT2D eigenvalue weighted by Crippen LogP contribution is 2.26. The van der Waals surface area contributed by atoms with Crippen LogP contribution in [0.15, 0.2) is 24.4 Å². The first kappa shape index (κ1) is 12.8. The van der Waals surface area contributed by atoms with Crippen molar-refractivity contribution in [2.45, 2.75) is 36.3 Å². The number of halogens is 1. The number of rotatable bonds is 3. The topological polar surface area (TPSA) is 47.0 Å². The molecule has 2 unspecified atom stereocenters. The molecular formula is C12H16ClNO2S. The molecule has 0 aromatic carbocycles. The predicted octanol–water partition coefficient (Wildman–Crippen LogP) is 2.20. The number of sulfone groups is 1. The fraction of sp³-hybridized carbons (Fsp3) is 0.583. The van der Waals surface area contributed by atoms with E-state index >= 15 is 0 Å². The molecule has 2 heterocycles. The molecule has 1 aliphatic heterocycles. The van der Waals surface area contributed by atoms with Gasteiger partial charge in [-0.3, -0.25) is 4.98 Å². The zero-order valence-electron chi connectivity index (χ0n) is 9.55. The summed E-state index contributed by atoms with van der Waals surface area (Å²) in [6.07, 6.45) is 4.63. The lowest BCUT2D eigenvalue weighted by Crippen LogP contribution is -2.36. The molecule has 94 valence electrons. The molecule has 0 amide bonds. The van der Waals surface area contributed by atoms with E-state index in [1.54, 1.807) is 6.20 Å². The molecule has 17 heavy (non-hydrogen) atoms. The molecular weight excluding hydrogens is 258 g/mol. The molecule has 0 radical (unpaired) electrons. The molecule has 1 aromatic rings. The summed E-state index contributed by atoms with van der Waals surface area (Å²) in [5.74, 6) is 0.281. The molecule has 0 saturated carbocycles. The van der Waals surface area contributed by atoms with Gasteiger partial charge in [-0.2, -0.15) is 0 Å². The zero-order chi connectivity index (χ0) is 12.3. The molecule has 2 atom stereocenters. The van der Waals surface area contributed by atoms with Crippen molar-refractivity contribution >= 4 is 21.4 Å². The number of aromatic nitrogens is 1. The Morgan fingerprint density at radius 2 is 2.24 bits per heavy atom. The maximum Gasteiger partial charge on any atom is 0.154 e. The third-order valence-electron chi connectivity index (χ3n) is 3.16. The molecule has 1 aromatic heterocycles. The van der Waals surface area contributed by atoms with Crippen LogP contribution < -0.4 is 0 Å². The van der Waals surface area contributed by atoms with E-state index in [9.17, 15) is 8.42 Å². The fourth-order valence-corrected chi connectivity index (χ4v) is 4.97. The maximum absolute atomic E-state index is 11.9. The van der Waals surface area contributed by atoms with Gasteiger partial charge in [-0.05, 0) is 25.0 Å². The fourth-order valence-electron chi connectivity index (χ4n) is 2.24.